The van der Waals surface area contributed by atoms with Crippen LogP contribution in [0.4, 0.5) is 5.69 Å². The molecular weight excluding hydrogens is 290 g/mol. The predicted molar refractivity (Wildman–Crippen MR) is 91.0 cm³/mol. The van der Waals surface area contributed by atoms with Crippen molar-refractivity contribution in [1.82, 2.24) is 0 Å². The first kappa shape index (κ1) is 15.0. The summed E-state index contributed by atoms with van der Waals surface area (Å²) in [6, 6.07) is 14.1. The minimum Gasteiger partial charge on any atom is -0.451 e. The second-order valence-corrected chi connectivity index (χ2v) is 5.48. The number of rotatable bonds is 3. The SMILES string of the molecule is CCc1ccc(NC(=O)c2cc(=O)c3ccc(C)cc3o2)cc1. The van der Waals surface area contributed by atoms with Gasteiger partial charge >= 0.3 is 0 Å². The fourth-order valence-corrected chi connectivity index (χ4v) is 2.39. The molecule has 116 valence electrons. The van der Waals surface area contributed by atoms with E-state index in [9.17, 15) is 9.59 Å². The molecular formula is C19H17NO3. The molecule has 0 saturated heterocycles. The quantitative estimate of drug-likeness (QED) is 0.798. The average molecular weight is 307 g/mol. The Balaban J connectivity index is 1.92. The van der Waals surface area contributed by atoms with Gasteiger partial charge in [-0.15, -0.1) is 0 Å². The van der Waals surface area contributed by atoms with Crippen molar-refractivity contribution in [3.05, 3.63) is 75.6 Å². The standard InChI is InChI=1S/C19H17NO3/c1-3-13-5-7-14(8-6-13)20-19(22)18-11-16(21)15-9-4-12(2)10-17(15)23-18/h4-11H,3H2,1-2H3,(H,20,22). The summed E-state index contributed by atoms with van der Waals surface area (Å²) >= 11 is 0. The fourth-order valence-electron chi connectivity index (χ4n) is 2.39. The first-order valence-corrected chi connectivity index (χ1v) is 7.51. The molecule has 0 spiro atoms. The van der Waals surface area contributed by atoms with Crippen molar-refractivity contribution in [2.75, 3.05) is 5.32 Å². The summed E-state index contributed by atoms with van der Waals surface area (Å²) in [4.78, 5) is 24.4. The number of fused-ring (bicyclic) bond motifs is 1. The summed E-state index contributed by atoms with van der Waals surface area (Å²) in [5, 5.41) is 3.22. The summed E-state index contributed by atoms with van der Waals surface area (Å²) in [5.41, 5.74) is 3.02. The van der Waals surface area contributed by atoms with Crippen LogP contribution < -0.4 is 10.7 Å². The van der Waals surface area contributed by atoms with Crippen molar-refractivity contribution in [2.24, 2.45) is 0 Å². The molecule has 3 rings (SSSR count). The van der Waals surface area contributed by atoms with Gasteiger partial charge in [-0.25, -0.2) is 0 Å². The predicted octanol–water partition coefficient (Wildman–Crippen LogP) is 3.92. The van der Waals surface area contributed by atoms with Gasteiger partial charge < -0.3 is 9.73 Å². The maximum absolute atomic E-state index is 12.3. The van der Waals surface area contributed by atoms with Crippen molar-refractivity contribution in [1.29, 1.82) is 0 Å². The van der Waals surface area contributed by atoms with Gasteiger partial charge in [0.05, 0.1) is 5.39 Å². The van der Waals surface area contributed by atoms with E-state index in [1.54, 1.807) is 12.1 Å². The molecule has 1 heterocycles. The van der Waals surface area contributed by atoms with Gasteiger partial charge in [0.25, 0.3) is 5.91 Å². The highest BCUT2D eigenvalue weighted by Gasteiger charge is 2.12. The van der Waals surface area contributed by atoms with Crippen LogP contribution >= 0.6 is 0 Å². The van der Waals surface area contributed by atoms with E-state index in [1.807, 2.05) is 37.3 Å². The Hall–Kier alpha value is -2.88. The molecule has 1 aromatic heterocycles. The van der Waals surface area contributed by atoms with Gasteiger partial charge in [0.1, 0.15) is 5.58 Å². The van der Waals surface area contributed by atoms with Crippen LogP contribution in [-0.4, -0.2) is 5.91 Å². The molecule has 0 atom stereocenters. The van der Waals surface area contributed by atoms with Crippen LogP contribution in [0.2, 0.25) is 0 Å². The third-order valence-electron chi connectivity index (χ3n) is 3.73. The third kappa shape index (κ3) is 3.16. The van der Waals surface area contributed by atoms with Crippen molar-refractivity contribution in [3.8, 4) is 0 Å². The minimum absolute atomic E-state index is 0.00710. The van der Waals surface area contributed by atoms with Crippen molar-refractivity contribution < 1.29 is 9.21 Å². The molecule has 4 heteroatoms. The van der Waals surface area contributed by atoms with E-state index in [0.29, 0.717) is 16.7 Å². The van der Waals surface area contributed by atoms with Crippen LogP contribution in [0.1, 0.15) is 28.6 Å². The molecule has 0 radical (unpaired) electrons. The molecule has 0 aliphatic carbocycles. The fraction of sp³-hybridized carbons (Fsp3) is 0.158. The lowest BCUT2D eigenvalue weighted by Gasteiger charge is -2.06. The third-order valence-corrected chi connectivity index (χ3v) is 3.73. The van der Waals surface area contributed by atoms with Gasteiger partial charge in [-0.1, -0.05) is 25.1 Å². The molecule has 0 saturated carbocycles. The van der Waals surface area contributed by atoms with Crippen molar-refractivity contribution >= 4 is 22.6 Å². The van der Waals surface area contributed by atoms with Gasteiger partial charge in [0.15, 0.2) is 11.2 Å². The molecule has 3 aromatic rings. The Morgan fingerprint density at radius 1 is 1.09 bits per heavy atom. The Morgan fingerprint density at radius 3 is 2.52 bits per heavy atom. The topological polar surface area (TPSA) is 59.3 Å². The minimum atomic E-state index is -0.435. The molecule has 1 N–H and O–H groups in total. The van der Waals surface area contributed by atoms with Crippen molar-refractivity contribution in [2.45, 2.75) is 20.3 Å². The second kappa shape index (κ2) is 6.08. The number of hydrogen-bond acceptors (Lipinski definition) is 3. The molecule has 4 nitrogen and oxygen atoms in total. The molecule has 2 aromatic carbocycles. The molecule has 0 unspecified atom stereocenters. The highest BCUT2D eigenvalue weighted by Crippen LogP contribution is 2.16. The molecule has 1 amide bonds. The Bertz CT molecular complexity index is 923. The summed E-state index contributed by atoms with van der Waals surface area (Å²) in [5.74, 6) is -0.428. The lowest BCUT2D eigenvalue weighted by molar-refractivity contribution is 0.0997. The van der Waals surface area contributed by atoms with E-state index in [-0.39, 0.29) is 11.2 Å². The molecule has 0 aliphatic rings. The van der Waals surface area contributed by atoms with Crippen LogP contribution in [0.5, 0.6) is 0 Å². The zero-order valence-corrected chi connectivity index (χ0v) is 13.1. The number of nitrogens with one attached hydrogen (secondary N) is 1. The van der Waals surface area contributed by atoms with Gasteiger partial charge in [-0.05, 0) is 48.7 Å². The molecule has 23 heavy (non-hydrogen) atoms. The summed E-state index contributed by atoms with van der Waals surface area (Å²) < 4.78 is 5.59. The van der Waals surface area contributed by atoms with Crippen LogP contribution in [0.25, 0.3) is 11.0 Å². The maximum Gasteiger partial charge on any atom is 0.291 e. The zero-order chi connectivity index (χ0) is 16.4. The monoisotopic (exact) mass is 307 g/mol. The van der Waals surface area contributed by atoms with E-state index in [0.717, 1.165) is 12.0 Å². The average Bonchev–Trinajstić information content (AvgIpc) is 2.55. The Morgan fingerprint density at radius 2 is 1.83 bits per heavy atom. The zero-order valence-electron chi connectivity index (χ0n) is 13.1. The van der Waals surface area contributed by atoms with Gasteiger partial charge in [-0.3, -0.25) is 9.59 Å². The van der Waals surface area contributed by atoms with E-state index < -0.39 is 5.91 Å². The largest absolute Gasteiger partial charge is 0.451 e. The first-order chi connectivity index (χ1) is 11.1. The van der Waals surface area contributed by atoms with Gasteiger partial charge in [-0.2, -0.15) is 0 Å². The van der Waals surface area contributed by atoms with Crippen LogP contribution in [0, 0.1) is 6.92 Å². The van der Waals surface area contributed by atoms with Crippen LogP contribution in [-0.2, 0) is 6.42 Å². The number of carbonyl (C=O) groups is 1. The first-order valence-electron chi connectivity index (χ1n) is 7.51. The summed E-state index contributed by atoms with van der Waals surface area (Å²) in [6.45, 7) is 3.97. The van der Waals surface area contributed by atoms with E-state index in [4.69, 9.17) is 4.42 Å². The van der Waals surface area contributed by atoms with E-state index in [1.165, 1.54) is 11.6 Å². The van der Waals surface area contributed by atoms with Gasteiger partial charge in [0, 0.05) is 11.8 Å². The van der Waals surface area contributed by atoms with Crippen LogP contribution in [0.3, 0.4) is 0 Å². The van der Waals surface area contributed by atoms with E-state index >= 15 is 0 Å². The normalized spacial score (nSPS) is 10.7. The molecule has 0 bridgehead atoms. The number of anilines is 1. The number of aryl methyl sites for hydroxylation is 2. The summed E-state index contributed by atoms with van der Waals surface area (Å²) in [6.07, 6.45) is 0.938. The lowest BCUT2D eigenvalue weighted by atomic mass is 10.1. The number of hydrogen-bond donors (Lipinski definition) is 1. The molecule has 0 fully saturated rings. The van der Waals surface area contributed by atoms with Crippen LogP contribution in [0.15, 0.2) is 57.7 Å². The lowest BCUT2D eigenvalue weighted by Crippen LogP contribution is -2.15. The number of amides is 1. The Kier molecular flexibility index (Phi) is 3.98. The van der Waals surface area contributed by atoms with E-state index in [2.05, 4.69) is 12.2 Å². The summed E-state index contributed by atoms with van der Waals surface area (Å²) in [7, 11) is 0. The maximum atomic E-state index is 12.3. The van der Waals surface area contributed by atoms with Gasteiger partial charge in [0.2, 0.25) is 0 Å². The number of benzene rings is 2. The van der Waals surface area contributed by atoms with Crippen molar-refractivity contribution in [3.63, 3.8) is 0 Å². The Labute approximate surface area is 133 Å². The highest BCUT2D eigenvalue weighted by molar-refractivity contribution is 6.02. The smallest absolute Gasteiger partial charge is 0.291 e. The molecule has 0 aliphatic heterocycles. The second-order valence-electron chi connectivity index (χ2n) is 5.48. The number of carbonyl (C=O) groups excluding carboxylic acids is 1. The highest BCUT2D eigenvalue weighted by atomic mass is 16.3.